The largest absolute Gasteiger partial charge is 0.338 e. The summed E-state index contributed by atoms with van der Waals surface area (Å²) in [5.74, 6) is 1.66. The zero-order valence-corrected chi connectivity index (χ0v) is 19.8. The highest BCUT2D eigenvalue weighted by Crippen LogP contribution is 2.28. The molecule has 5 aromatic rings. The Morgan fingerprint density at radius 1 is 0.857 bits per heavy atom. The molecule has 0 N–H and O–H groups in total. The first kappa shape index (κ1) is 21.6. The molecule has 1 fully saturated rings. The molecule has 0 saturated carbocycles. The molecule has 6 rings (SSSR count). The van der Waals surface area contributed by atoms with Crippen LogP contribution in [0.1, 0.15) is 21.7 Å². The third-order valence-corrected chi connectivity index (χ3v) is 6.66. The summed E-state index contributed by atoms with van der Waals surface area (Å²) < 4.78 is 2.05. The number of aromatic nitrogens is 4. The molecule has 3 aromatic carbocycles. The molecule has 2 aromatic heterocycles. The first-order valence-corrected chi connectivity index (χ1v) is 12.0. The van der Waals surface area contributed by atoms with Gasteiger partial charge in [0.15, 0.2) is 5.65 Å². The summed E-state index contributed by atoms with van der Waals surface area (Å²) >= 11 is 6.29. The van der Waals surface area contributed by atoms with Gasteiger partial charge >= 0.3 is 0 Å². The molecule has 0 spiro atoms. The van der Waals surface area contributed by atoms with E-state index in [1.807, 2.05) is 71.6 Å². The number of fused-ring (bicyclic) bond motifs is 3. The number of nitrogens with zero attached hydrogens (tertiary/aromatic N) is 6. The summed E-state index contributed by atoms with van der Waals surface area (Å²) in [6.45, 7) is 2.55. The molecule has 0 atom stereocenters. The predicted octanol–water partition coefficient (Wildman–Crippen LogP) is 4.48. The number of benzene rings is 3. The van der Waals surface area contributed by atoms with Crippen LogP contribution in [-0.4, -0.2) is 56.6 Å². The van der Waals surface area contributed by atoms with Gasteiger partial charge in [-0.25, -0.2) is 9.38 Å². The van der Waals surface area contributed by atoms with Crippen molar-refractivity contribution in [2.45, 2.75) is 6.42 Å². The third-order valence-electron chi connectivity index (χ3n) is 6.43. The van der Waals surface area contributed by atoms with Crippen molar-refractivity contribution in [2.24, 2.45) is 0 Å². The van der Waals surface area contributed by atoms with Crippen molar-refractivity contribution in [3.63, 3.8) is 0 Å². The standard InChI is InChI=1S/C27H23ClN6O/c28-21-11-12-22-23(18-21)29-27(34-24(30-31-25(22)34)17-19-7-3-1-4-8-19)33-15-13-32(14-16-33)26(35)20-9-5-2-6-10-20/h1-12,18H,13-17H2. The number of carbonyl (C=O) groups excluding carboxylic acids is 1. The minimum atomic E-state index is 0.0581. The molecular formula is C27H23ClN6O. The summed E-state index contributed by atoms with van der Waals surface area (Å²) in [4.78, 5) is 22.1. The Morgan fingerprint density at radius 2 is 1.57 bits per heavy atom. The van der Waals surface area contributed by atoms with Gasteiger partial charge in [0.2, 0.25) is 5.95 Å². The van der Waals surface area contributed by atoms with Crippen molar-refractivity contribution in [2.75, 3.05) is 31.1 Å². The highest BCUT2D eigenvalue weighted by Gasteiger charge is 2.26. The molecule has 1 amide bonds. The van der Waals surface area contributed by atoms with Crippen LogP contribution in [0.5, 0.6) is 0 Å². The van der Waals surface area contributed by atoms with E-state index in [1.165, 1.54) is 0 Å². The molecule has 1 aliphatic rings. The fourth-order valence-electron chi connectivity index (χ4n) is 4.62. The first-order chi connectivity index (χ1) is 17.2. The Hall–Kier alpha value is -3.97. The van der Waals surface area contributed by atoms with Crippen LogP contribution >= 0.6 is 11.6 Å². The fourth-order valence-corrected chi connectivity index (χ4v) is 4.79. The summed E-state index contributed by atoms with van der Waals surface area (Å²) in [6.07, 6.45) is 0.641. The van der Waals surface area contributed by atoms with Gasteiger partial charge in [0, 0.05) is 48.6 Å². The van der Waals surface area contributed by atoms with Crippen LogP contribution < -0.4 is 4.90 Å². The maximum absolute atomic E-state index is 12.9. The van der Waals surface area contributed by atoms with Gasteiger partial charge in [-0.15, -0.1) is 10.2 Å². The molecule has 1 aliphatic heterocycles. The SMILES string of the molecule is O=C(c1ccccc1)N1CCN(c2nc3cc(Cl)ccc3c3nnc(Cc4ccccc4)n23)CC1. The predicted molar refractivity (Wildman–Crippen MR) is 137 cm³/mol. The second kappa shape index (κ2) is 9.00. The fraction of sp³-hybridized carbons (Fsp3) is 0.185. The Bertz CT molecular complexity index is 1510. The lowest BCUT2D eigenvalue weighted by molar-refractivity contribution is 0.0746. The summed E-state index contributed by atoms with van der Waals surface area (Å²) in [5.41, 5.74) is 3.41. The Kier molecular flexibility index (Phi) is 5.54. The third kappa shape index (κ3) is 4.08. The van der Waals surface area contributed by atoms with E-state index in [1.54, 1.807) is 0 Å². The monoisotopic (exact) mass is 482 g/mol. The van der Waals surface area contributed by atoms with Crippen LogP contribution in [0.2, 0.25) is 5.02 Å². The van der Waals surface area contributed by atoms with Gasteiger partial charge in [-0.3, -0.25) is 4.79 Å². The van der Waals surface area contributed by atoms with Gasteiger partial charge in [0.05, 0.1) is 5.52 Å². The summed E-state index contributed by atoms with van der Waals surface area (Å²) in [6, 6.07) is 25.3. The van der Waals surface area contributed by atoms with Crippen LogP contribution in [0.25, 0.3) is 16.6 Å². The smallest absolute Gasteiger partial charge is 0.253 e. The minimum absolute atomic E-state index is 0.0581. The molecule has 1 saturated heterocycles. The number of amides is 1. The van der Waals surface area contributed by atoms with Crippen LogP contribution in [0, 0.1) is 0 Å². The van der Waals surface area contributed by atoms with E-state index < -0.39 is 0 Å². The van der Waals surface area contributed by atoms with E-state index in [-0.39, 0.29) is 5.91 Å². The normalized spacial score (nSPS) is 14.1. The second-order valence-corrected chi connectivity index (χ2v) is 9.09. The number of halogens is 1. The molecule has 0 bridgehead atoms. The van der Waals surface area contributed by atoms with Gasteiger partial charge in [-0.05, 0) is 35.9 Å². The molecule has 35 heavy (non-hydrogen) atoms. The average Bonchev–Trinajstić information content (AvgIpc) is 3.32. The molecule has 174 valence electrons. The van der Waals surface area contributed by atoms with Crippen LogP contribution in [-0.2, 0) is 6.42 Å². The lowest BCUT2D eigenvalue weighted by atomic mass is 10.1. The molecular weight excluding hydrogens is 460 g/mol. The highest BCUT2D eigenvalue weighted by atomic mass is 35.5. The minimum Gasteiger partial charge on any atom is -0.338 e. The molecule has 0 unspecified atom stereocenters. The molecule has 3 heterocycles. The van der Waals surface area contributed by atoms with Crippen molar-refractivity contribution < 1.29 is 4.79 Å². The van der Waals surface area contributed by atoms with Crippen LogP contribution in [0.15, 0.2) is 78.9 Å². The number of rotatable bonds is 4. The van der Waals surface area contributed by atoms with E-state index in [9.17, 15) is 4.79 Å². The van der Waals surface area contributed by atoms with Crippen molar-refractivity contribution in [1.82, 2.24) is 24.5 Å². The lowest BCUT2D eigenvalue weighted by Gasteiger charge is -2.35. The van der Waals surface area contributed by atoms with E-state index in [0.29, 0.717) is 43.2 Å². The topological polar surface area (TPSA) is 66.6 Å². The van der Waals surface area contributed by atoms with E-state index in [2.05, 4.69) is 31.6 Å². The maximum Gasteiger partial charge on any atom is 0.253 e. The van der Waals surface area contributed by atoms with Crippen molar-refractivity contribution in [3.8, 4) is 0 Å². The zero-order chi connectivity index (χ0) is 23.8. The second-order valence-electron chi connectivity index (χ2n) is 8.66. The molecule has 8 heteroatoms. The van der Waals surface area contributed by atoms with Gasteiger partial charge < -0.3 is 9.80 Å². The molecule has 0 radical (unpaired) electrons. The molecule has 7 nitrogen and oxygen atoms in total. The van der Waals surface area contributed by atoms with Crippen molar-refractivity contribution in [1.29, 1.82) is 0 Å². The van der Waals surface area contributed by atoms with E-state index >= 15 is 0 Å². The summed E-state index contributed by atoms with van der Waals surface area (Å²) in [5, 5.41) is 10.6. The number of carbonyl (C=O) groups is 1. The van der Waals surface area contributed by atoms with Gasteiger partial charge in [0.1, 0.15) is 5.82 Å². The van der Waals surface area contributed by atoms with Crippen molar-refractivity contribution >= 4 is 40.0 Å². The highest BCUT2D eigenvalue weighted by molar-refractivity contribution is 6.31. The van der Waals surface area contributed by atoms with Crippen LogP contribution in [0.3, 0.4) is 0 Å². The zero-order valence-electron chi connectivity index (χ0n) is 19.0. The maximum atomic E-state index is 12.9. The van der Waals surface area contributed by atoms with E-state index in [4.69, 9.17) is 16.6 Å². The quantitative estimate of drug-likeness (QED) is 0.378. The van der Waals surface area contributed by atoms with Crippen molar-refractivity contribution in [3.05, 3.63) is 101 Å². The number of piperazine rings is 1. The number of anilines is 1. The van der Waals surface area contributed by atoms with Gasteiger partial charge in [-0.1, -0.05) is 60.1 Å². The van der Waals surface area contributed by atoms with Crippen LogP contribution in [0.4, 0.5) is 5.95 Å². The van der Waals surface area contributed by atoms with Gasteiger partial charge in [0.25, 0.3) is 5.91 Å². The first-order valence-electron chi connectivity index (χ1n) is 11.6. The number of hydrogen-bond donors (Lipinski definition) is 0. The Labute approximate surface area is 207 Å². The lowest BCUT2D eigenvalue weighted by Crippen LogP contribution is -2.49. The van der Waals surface area contributed by atoms with E-state index in [0.717, 1.165) is 33.9 Å². The number of hydrogen-bond acceptors (Lipinski definition) is 5. The molecule has 0 aliphatic carbocycles. The van der Waals surface area contributed by atoms with Gasteiger partial charge in [-0.2, -0.15) is 0 Å². The Morgan fingerprint density at radius 3 is 2.31 bits per heavy atom. The Balaban J connectivity index is 1.37. The summed E-state index contributed by atoms with van der Waals surface area (Å²) in [7, 11) is 0. The average molecular weight is 483 g/mol.